The number of carbonyl (C=O) groups is 2. The summed E-state index contributed by atoms with van der Waals surface area (Å²) in [4.78, 5) is 27.7. The fourth-order valence-corrected chi connectivity index (χ4v) is 3.49. The van der Waals surface area contributed by atoms with Gasteiger partial charge in [-0.2, -0.15) is 0 Å². The van der Waals surface area contributed by atoms with Crippen LogP contribution in [-0.4, -0.2) is 52.5 Å². The Morgan fingerprint density at radius 1 is 1.14 bits per heavy atom. The lowest BCUT2D eigenvalue weighted by Crippen LogP contribution is -2.44. The van der Waals surface area contributed by atoms with Gasteiger partial charge in [-0.25, -0.2) is 0 Å². The first-order valence-electron chi connectivity index (χ1n) is 7.94. The molecule has 1 aromatic carbocycles. The van der Waals surface area contributed by atoms with Crippen molar-refractivity contribution in [3.8, 4) is 0 Å². The Hall–Kier alpha value is -1.88. The van der Waals surface area contributed by atoms with Crippen molar-refractivity contribution >= 4 is 11.9 Å². The summed E-state index contributed by atoms with van der Waals surface area (Å²) < 4.78 is 0. The first-order chi connectivity index (χ1) is 10.6. The lowest BCUT2D eigenvalue weighted by Gasteiger charge is -2.27. The molecule has 118 valence electrons. The topological polar surface area (TPSA) is 60.9 Å². The molecular weight excluding hydrogens is 280 g/mol. The van der Waals surface area contributed by atoms with Crippen LogP contribution >= 0.6 is 0 Å². The number of aliphatic carboxylic acids is 1. The number of carboxylic acids is 1. The van der Waals surface area contributed by atoms with Gasteiger partial charge < -0.3 is 10.0 Å². The van der Waals surface area contributed by atoms with Crippen LogP contribution in [0.3, 0.4) is 0 Å². The first-order valence-corrected chi connectivity index (χ1v) is 7.94. The van der Waals surface area contributed by atoms with Gasteiger partial charge in [-0.15, -0.1) is 0 Å². The molecule has 22 heavy (non-hydrogen) atoms. The Bertz CT molecular complexity index is 546. The summed E-state index contributed by atoms with van der Waals surface area (Å²) in [5.41, 5.74) is 1.21. The third kappa shape index (κ3) is 3.14. The Kier molecular flexibility index (Phi) is 4.43. The van der Waals surface area contributed by atoms with E-state index >= 15 is 0 Å². The van der Waals surface area contributed by atoms with Crippen LogP contribution in [0.1, 0.15) is 24.8 Å². The number of carboxylic acid groups (broad SMARTS) is 1. The fraction of sp³-hybridized carbons (Fsp3) is 0.529. The molecular formula is C17H22N2O3. The van der Waals surface area contributed by atoms with Gasteiger partial charge >= 0.3 is 5.97 Å². The molecule has 2 fully saturated rings. The van der Waals surface area contributed by atoms with Crippen molar-refractivity contribution in [1.82, 2.24) is 9.80 Å². The minimum absolute atomic E-state index is 0.0900. The molecule has 0 saturated carbocycles. The molecule has 0 aliphatic carbocycles. The van der Waals surface area contributed by atoms with Gasteiger partial charge in [0.2, 0.25) is 5.91 Å². The summed E-state index contributed by atoms with van der Waals surface area (Å²) in [6.45, 7) is 2.66. The molecule has 5 heteroatoms. The van der Waals surface area contributed by atoms with Crippen LogP contribution in [0.25, 0.3) is 0 Å². The van der Waals surface area contributed by atoms with Crippen molar-refractivity contribution in [2.24, 2.45) is 5.92 Å². The Balaban J connectivity index is 1.63. The zero-order valence-corrected chi connectivity index (χ0v) is 12.6. The molecule has 1 amide bonds. The molecule has 2 heterocycles. The zero-order chi connectivity index (χ0) is 15.5. The highest BCUT2D eigenvalue weighted by Gasteiger charge is 2.38. The van der Waals surface area contributed by atoms with Crippen LogP contribution in [0.2, 0.25) is 0 Å². The monoisotopic (exact) mass is 302 g/mol. The molecule has 1 N–H and O–H groups in total. The van der Waals surface area contributed by atoms with E-state index in [1.807, 2.05) is 18.2 Å². The predicted molar refractivity (Wildman–Crippen MR) is 82.2 cm³/mol. The number of carbonyl (C=O) groups excluding carboxylic acids is 1. The van der Waals surface area contributed by atoms with Crippen molar-refractivity contribution in [2.75, 3.05) is 19.6 Å². The average molecular weight is 302 g/mol. The van der Waals surface area contributed by atoms with Crippen molar-refractivity contribution in [3.63, 3.8) is 0 Å². The van der Waals surface area contributed by atoms with E-state index in [-0.39, 0.29) is 11.9 Å². The number of hydrogen-bond acceptors (Lipinski definition) is 3. The second-order valence-corrected chi connectivity index (χ2v) is 6.22. The number of nitrogens with zero attached hydrogens (tertiary/aromatic N) is 2. The van der Waals surface area contributed by atoms with Crippen molar-refractivity contribution in [3.05, 3.63) is 35.9 Å². The molecule has 2 aliphatic rings. The average Bonchev–Trinajstić information content (AvgIpc) is 3.17. The first kappa shape index (κ1) is 15.0. The summed E-state index contributed by atoms with van der Waals surface area (Å²) in [7, 11) is 0. The number of amides is 1. The van der Waals surface area contributed by atoms with Crippen molar-refractivity contribution in [2.45, 2.75) is 31.8 Å². The van der Waals surface area contributed by atoms with E-state index < -0.39 is 11.9 Å². The van der Waals surface area contributed by atoms with Gasteiger partial charge in [0.15, 0.2) is 0 Å². The molecule has 2 saturated heterocycles. The summed E-state index contributed by atoms with van der Waals surface area (Å²) >= 11 is 0. The molecule has 2 aliphatic heterocycles. The Labute approximate surface area is 130 Å². The third-order valence-corrected chi connectivity index (χ3v) is 4.73. The van der Waals surface area contributed by atoms with Gasteiger partial charge in [-0.1, -0.05) is 30.3 Å². The highest BCUT2D eigenvalue weighted by atomic mass is 16.4. The minimum Gasteiger partial charge on any atom is -0.481 e. The molecule has 2 atom stereocenters. The fourth-order valence-electron chi connectivity index (χ4n) is 3.49. The summed E-state index contributed by atoms with van der Waals surface area (Å²) in [5, 5.41) is 9.08. The van der Waals surface area contributed by atoms with Gasteiger partial charge in [-0.05, 0) is 31.4 Å². The van der Waals surface area contributed by atoms with Crippen LogP contribution in [0, 0.1) is 5.92 Å². The second-order valence-electron chi connectivity index (χ2n) is 6.22. The quantitative estimate of drug-likeness (QED) is 0.917. The molecule has 0 aromatic heterocycles. The van der Waals surface area contributed by atoms with Gasteiger partial charge in [0, 0.05) is 19.6 Å². The van der Waals surface area contributed by atoms with Gasteiger partial charge in [0.25, 0.3) is 0 Å². The number of likely N-dealkylation sites (tertiary alicyclic amines) is 2. The maximum absolute atomic E-state index is 12.7. The van der Waals surface area contributed by atoms with Gasteiger partial charge in [0.1, 0.15) is 0 Å². The molecule has 1 aromatic rings. The highest BCUT2D eigenvalue weighted by Crippen LogP contribution is 2.25. The predicted octanol–water partition coefficient (Wildman–Crippen LogP) is 1.58. The number of benzene rings is 1. The molecule has 5 nitrogen and oxygen atoms in total. The molecule has 0 unspecified atom stereocenters. The van der Waals surface area contributed by atoms with Crippen LogP contribution in [-0.2, 0) is 16.1 Å². The van der Waals surface area contributed by atoms with E-state index in [9.17, 15) is 9.59 Å². The molecule has 0 spiro atoms. The van der Waals surface area contributed by atoms with Gasteiger partial charge in [0.05, 0.1) is 12.0 Å². The van der Waals surface area contributed by atoms with E-state index in [1.54, 1.807) is 4.90 Å². The lowest BCUT2D eigenvalue weighted by molar-refractivity contribution is -0.141. The lowest BCUT2D eigenvalue weighted by atomic mass is 10.1. The number of rotatable bonds is 4. The van der Waals surface area contributed by atoms with Crippen molar-refractivity contribution < 1.29 is 14.7 Å². The van der Waals surface area contributed by atoms with E-state index in [1.165, 1.54) is 5.56 Å². The smallest absolute Gasteiger partial charge is 0.308 e. The number of hydrogen-bond donors (Lipinski definition) is 1. The summed E-state index contributed by atoms with van der Waals surface area (Å²) in [6.07, 6.45) is 2.48. The van der Waals surface area contributed by atoms with E-state index in [0.29, 0.717) is 19.5 Å². The van der Waals surface area contributed by atoms with Crippen LogP contribution in [0.4, 0.5) is 0 Å². The highest BCUT2D eigenvalue weighted by molar-refractivity contribution is 5.83. The largest absolute Gasteiger partial charge is 0.481 e. The van der Waals surface area contributed by atoms with E-state index in [4.69, 9.17) is 5.11 Å². The molecule has 3 rings (SSSR count). The standard InChI is InChI=1S/C17H22N2O3/c20-16(19-10-8-14(12-19)17(21)22)15-7-4-9-18(15)11-13-5-2-1-3-6-13/h1-3,5-6,14-15H,4,7-12H2,(H,21,22)/t14-,15+/m1/s1. The van der Waals surface area contributed by atoms with Crippen molar-refractivity contribution in [1.29, 1.82) is 0 Å². The second kappa shape index (κ2) is 6.48. The normalized spacial score (nSPS) is 25.5. The zero-order valence-electron chi connectivity index (χ0n) is 12.6. The minimum atomic E-state index is -0.789. The van der Waals surface area contributed by atoms with Crippen LogP contribution in [0.5, 0.6) is 0 Å². The Morgan fingerprint density at radius 3 is 2.59 bits per heavy atom. The van der Waals surface area contributed by atoms with Crippen LogP contribution in [0.15, 0.2) is 30.3 Å². The molecule has 0 bridgehead atoms. The Morgan fingerprint density at radius 2 is 1.91 bits per heavy atom. The summed E-state index contributed by atoms with van der Waals surface area (Å²) in [6, 6.07) is 10.1. The van der Waals surface area contributed by atoms with Gasteiger partial charge in [-0.3, -0.25) is 14.5 Å². The van der Waals surface area contributed by atoms with E-state index in [2.05, 4.69) is 17.0 Å². The molecule has 0 radical (unpaired) electrons. The SMILES string of the molecule is O=C(O)[C@@H]1CCN(C(=O)[C@@H]2CCCN2Cc2ccccc2)C1. The summed E-state index contributed by atoms with van der Waals surface area (Å²) in [5.74, 6) is -1.08. The third-order valence-electron chi connectivity index (χ3n) is 4.73. The van der Waals surface area contributed by atoms with E-state index in [0.717, 1.165) is 25.9 Å². The maximum Gasteiger partial charge on any atom is 0.308 e. The maximum atomic E-state index is 12.7. The van der Waals surface area contributed by atoms with Crippen LogP contribution < -0.4 is 0 Å².